The molecule has 0 radical (unpaired) electrons. The zero-order valence-electron chi connectivity index (χ0n) is 16.9. The van der Waals surface area contributed by atoms with E-state index in [-0.39, 0.29) is 18.2 Å². The van der Waals surface area contributed by atoms with E-state index in [0.717, 1.165) is 0 Å². The van der Waals surface area contributed by atoms with Gasteiger partial charge in [-0.25, -0.2) is 12.7 Å². The SMILES string of the molecule is COc1ccc(NC(=O)C2CCCN(S(=O)(=O)Cc3cccc(Cl)c3)C2)cc1OC. The first-order valence-corrected chi connectivity index (χ1v) is 11.6. The highest BCUT2D eigenvalue weighted by molar-refractivity contribution is 7.88. The summed E-state index contributed by atoms with van der Waals surface area (Å²) in [6.07, 6.45) is 1.25. The summed E-state index contributed by atoms with van der Waals surface area (Å²) >= 11 is 5.96. The van der Waals surface area contributed by atoms with Gasteiger partial charge < -0.3 is 14.8 Å². The van der Waals surface area contributed by atoms with Crippen LogP contribution >= 0.6 is 11.6 Å². The predicted octanol–water partition coefficient (Wildman–Crippen LogP) is 3.54. The molecule has 0 aromatic heterocycles. The number of halogens is 1. The minimum absolute atomic E-state index is 0.141. The molecule has 1 atom stereocenters. The van der Waals surface area contributed by atoms with Gasteiger partial charge in [0.05, 0.1) is 25.9 Å². The summed E-state index contributed by atoms with van der Waals surface area (Å²) < 4.78 is 37.6. The van der Waals surface area contributed by atoms with Crippen LogP contribution in [0.2, 0.25) is 5.02 Å². The highest BCUT2D eigenvalue weighted by atomic mass is 35.5. The average Bonchev–Trinajstić information content (AvgIpc) is 2.73. The smallest absolute Gasteiger partial charge is 0.228 e. The van der Waals surface area contributed by atoms with Crippen LogP contribution in [0.1, 0.15) is 18.4 Å². The maximum Gasteiger partial charge on any atom is 0.228 e. The van der Waals surface area contributed by atoms with Crippen LogP contribution in [-0.2, 0) is 20.6 Å². The van der Waals surface area contributed by atoms with E-state index in [2.05, 4.69) is 5.32 Å². The zero-order valence-corrected chi connectivity index (χ0v) is 18.5. The van der Waals surface area contributed by atoms with E-state index >= 15 is 0 Å². The lowest BCUT2D eigenvalue weighted by Crippen LogP contribution is -2.44. The number of nitrogens with zero attached hydrogens (tertiary/aromatic N) is 1. The molecule has 3 rings (SSSR count). The molecule has 0 spiro atoms. The number of nitrogens with one attached hydrogen (secondary N) is 1. The van der Waals surface area contributed by atoms with Crippen molar-refractivity contribution in [2.75, 3.05) is 32.6 Å². The van der Waals surface area contributed by atoms with Crippen molar-refractivity contribution in [3.8, 4) is 11.5 Å². The van der Waals surface area contributed by atoms with Crippen LogP contribution < -0.4 is 14.8 Å². The van der Waals surface area contributed by atoms with Gasteiger partial charge in [0.1, 0.15) is 0 Å². The number of rotatable bonds is 7. The van der Waals surface area contributed by atoms with Gasteiger partial charge in [-0.3, -0.25) is 4.79 Å². The molecule has 0 aliphatic carbocycles. The highest BCUT2D eigenvalue weighted by Gasteiger charge is 2.32. The number of amides is 1. The molecule has 1 amide bonds. The van der Waals surface area contributed by atoms with Crippen molar-refractivity contribution in [3.63, 3.8) is 0 Å². The van der Waals surface area contributed by atoms with E-state index in [1.54, 1.807) is 42.5 Å². The largest absolute Gasteiger partial charge is 0.493 e. The first-order valence-electron chi connectivity index (χ1n) is 9.57. The predicted molar refractivity (Wildman–Crippen MR) is 117 cm³/mol. The monoisotopic (exact) mass is 452 g/mol. The van der Waals surface area contributed by atoms with E-state index < -0.39 is 15.9 Å². The van der Waals surface area contributed by atoms with Gasteiger partial charge in [-0.15, -0.1) is 0 Å². The van der Waals surface area contributed by atoms with Crippen molar-refractivity contribution in [1.29, 1.82) is 0 Å². The first-order chi connectivity index (χ1) is 14.3. The molecule has 7 nitrogen and oxygen atoms in total. The minimum atomic E-state index is -3.55. The van der Waals surface area contributed by atoms with Gasteiger partial charge in [0.2, 0.25) is 15.9 Å². The zero-order chi connectivity index (χ0) is 21.7. The van der Waals surface area contributed by atoms with E-state index in [0.29, 0.717) is 47.2 Å². The maximum atomic E-state index is 12.9. The molecule has 30 heavy (non-hydrogen) atoms. The number of methoxy groups -OCH3 is 2. The van der Waals surface area contributed by atoms with Crippen molar-refractivity contribution < 1.29 is 22.7 Å². The number of carbonyl (C=O) groups excluding carboxylic acids is 1. The summed E-state index contributed by atoms with van der Waals surface area (Å²) in [6, 6.07) is 11.9. The molecule has 1 saturated heterocycles. The third-order valence-electron chi connectivity index (χ3n) is 5.04. The summed E-state index contributed by atoms with van der Waals surface area (Å²) in [5.41, 5.74) is 1.19. The normalized spacial score (nSPS) is 17.4. The van der Waals surface area contributed by atoms with Gasteiger partial charge in [0.15, 0.2) is 11.5 Å². The molecule has 0 saturated carbocycles. The van der Waals surface area contributed by atoms with E-state index in [9.17, 15) is 13.2 Å². The Morgan fingerprint density at radius 1 is 1.17 bits per heavy atom. The van der Waals surface area contributed by atoms with Crippen LogP contribution in [-0.4, -0.2) is 45.9 Å². The Hall–Kier alpha value is -2.29. The average molecular weight is 453 g/mol. The van der Waals surface area contributed by atoms with Gasteiger partial charge in [-0.2, -0.15) is 0 Å². The Bertz CT molecular complexity index is 1010. The minimum Gasteiger partial charge on any atom is -0.493 e. The van der Waals surface area contributed by atoms with Crippen LogP contribution in [0.3, 0.4) is 0 Å². The lowest BCUT2D eigenvalue weighted by molar-refractivity contribution is -0.120. The van der Waals surface area contributed by atoms with Gasteiger partial charge in [0.25, 0.3) is 0 Å². The summed E-state index contributed by atoms with van der Waals surface area (Å²) in [5, 5.41) is 3.35. The van der Waals surface area contributed by atoms with E-state index in [4.69, 9.17) is 21.1 Å². The van der Waals surface area contributed by atoms with Crippen LogP contribution in [0.25, 0.3) is 0 Å². The molecule has 1 unspecified atom stereocenters. The maximum absolute atomic E-state index is 12.9. The van der Waals surface area contributed by atoms with Gasteiger partial charge in [-0.1, -0.05) is 23.7 Å². The number of ether oxygens (including phenoxy) is 2. The standard InChI is InChI=1S/C21H25ClN2O5S/c1-28-19-9-8-18(12-20(19)29-2)23-21(25)16-6-4-10-24(13-16)30(26,27)14-15-5-3-7-17(22)11-15/h3,5,7-9,11-12,16H,4,6,10,13-14H2,1-2H3,(H,23,25). The molecule has 1 aliphatic heterocycles. The fourth-order valence-corrected chi connectivity index (χ4v) is 5.31. The number of piperidine rings is 1. The Morgan fingerprint density at radius 2 is 1.93 bits per heavy atom. The van der Waals surface area contributed by atoms with Crippen molar-refractivity contribution >= 4 is 33.2 Å². The fourth-order valence-electron chi connectivity index (χ4n) is 3.50. The molecule has 1 fully saturated rings. The quantitative estimate of drug-likeness (QED) is 0.694. The first kappa shape index (κ1) is 22.4. The molecule has 2 aromatic carbocycles. The van der Waals surface area contributed by atoms with Crippen molar-refractivity contribution in [1.82, 2.24) is 4.31 Å². The van der Waals surface area contributed by atoms with Crippen LogP contribution in [0.5, 0.6) is 11.5 Å². The van der Waals surface area contributed by atoms with Crippen molar-refractivity contribution in [2.24, 2.45) is 5.92 Å². The van der Waals surface area contributed by atoms with Gasteiger partial charge in [0, 0.05) is 29.9 Å². The topological polar surface area (TPSA) is 84.9 Å². The number of sulfonamides is 1. The molecule has 1 aliphatic rings. The fraction of sp³-hybridized carbons (Fsp3) is 0.381. The molecule has 9 heteroatoms. The number of hydrogen-bond acceptors (Lipinski definition) is 5. The summed E-state index contributed by atoms with van der Waals surface area (Å²) in [7, 11) is -0.495. The number of benzene rings is 2. The van der Waals surface area contributed by atoms with E-state index in [1.807, 2.05) is 0 Å². The molecule has 1 heterocycles. The molecule has 2 aromatic rings. The molecule has 162 valence electrons. The number of hydrogen-bond donors (Lipinski definition) is 1. The lowest BCUT2D eigenvalue weighted by atomic mass is 9.98. The summed E-state index contributed by atoms with van der Waals surface area (Å²) in [6.45, 7) is 0.561. The van der Waals surface area contributed by atoms with Crippen LogP contribution in [0, 0.1) is 5.92 Å². The molecular formula is C21H25ClN2O5S. The third kappa shape index (κ3) is 5.44. The van der Waals surface area contributed by atoms with Crippen LogP contribution in [0.4, 0.5) is 5.69 Å². The molecule has 1 N–H and O–H groups in total. The second-order valence-corrected chi connectivity index (χ2v) is 9.55. The summed E-state index contributed by atoms with van der Waals surface area (Å²) in [5.74, 6) is 0.277. The van der Waals surface area contributed by atoms with Crippen molar-refractivity contribution in [3.05, 3.63) is 53.1 Å². The van der Waals surface area contributed by atoms with Crippen LogP contribution in [0.15, 0.2) is 42.5 Å². The Kier molecular flexibility index (Phi) is 7.23. The third-order valence-corrected chi connectivity index (χ3v) is 7.09. The Balaban J connectivity index is 1.67. The Labute approximate surface area is 182 Å². The Morgan fingerprint density at radius 3 is 2.63 bits per heavy atom. The van der Waals surface area contributed by atoms with Crippen molar-refractivity contribution in [2.45, 2.75) is 18.6 Å². The molecular weight excluding hydrogens is 428 g/mol. The van der Waals surface area contributed by atoms with Gasteiger partial charge >= 0.3 is 0 Å². The highest BCUT2D eigenvalue weighted by Crippen LogP contribution is 2.30. The second kappa shape index (κ2) is 9.68. The van der Waals surface area contributed by atoms with E-state index in [1.165, 1.54) is 18.5 Å². The number of carbonyl (C=O) groups is 1. The van der Waals surface area contributed by atoms with Gasteiger partial charge in [-0.05, 0) is 42.7 Å². The summed E-state index contributed by atoms with van der Waals surface area (Å²) in [4.78, 5) is 12.8. The second-order valence-electron chi connectivity index (χ2n) is 7.14. The number of anilines is 1. The molecule has 0 bridgehead atoms. The lowest BCUT2D eigenvalue weighted by Gasteiger charge is -2.31.